The molecule has 1 heterocycles. The highest BCUT2D eigenvalue weighted by Gasteiger charge is 2.36. The minimum atomic E-state index is -0.0399. The third kappa shape index (κ3) is 2.62. The molecule has 2 fully saturated rings. The van der Waals surface area contributed by atoms with Gasteiger partial charge in [-0.2, -0.15) is 0 Å². The third-order valence-corrected chi connectivity index (χ3v) is 4.97. The van der Waals surface area contributed by atoms with Gasteiger partial charge >= 0.3 is 0 Å². The topological polar surface area (TPSA) is 46.3 Å². The molecule has 96 valence electrons. The number of nitrogens with zero attached hydrogens (tertiary/aromatic N) is 1. The van der Waals surface area contributed by atoms with Crippen LogP contribution in [0.15, 0.2) is 0 Å². The quantitative estimate of drug-likeness (QED) is 0.768. The zero-order valence-electron chi connectivity index (χ0n) is 10.6. The molecule has 0 aromatic rings. The highest BCUT2D eigenvalue weighted by molar-refractivity contribution is 7.80. The zero-order chi connectivity index (χ0) is 12.5. The standard InChI is InChI=1S/C13H22N2OS/c1-13(12(14)17)6-8-15(9-7-13)11(16)10-4-2-3-5-10/h10H,2-9H2,1H3,(H2,14,17). The van der Waals surface area contributed by atoms with Crippen LogP contribution in [0.3, 0.4) is 0 Å². The second kappa shape index (κ2) is 4.92. The molecule has 0 bridgehead atoms. The Labute approximate surface area is 109 Å². The molecule has 0 unspecified atom stereocenters. The summed E-state index contributed by atoms with van der Waals surface area (Å²) in [7, 11) is 0. The average molecular weight is 254 g/mol. The summed E-state index contributed by atoms with van der Waals surface area (Å²) in [5.74, 6) is 0.664. The molecular weight excluding hydrogens is 232 g/mol. The molecule has 1 aliphatic heterocycles. The first-order chi connectivity index (χ1) is 8.03. The fraction of sp³-hybridized carbons (Fsp3) is 0.846. The monoisotopic (exact) mass is 254 g/mol. The molecule has 2 aliphatic rings. The molecule has 3 nitrogen and oxygen atoms in total. The van der Waals surface area contributed by atoms with Crippen molar-refractivity contribution in [3.63, 3.8) is 0 Å². The lowest BCUT2D eigenvalue weighted by atomic mass is 9.80. The Morgan fingerprint density at radius 3 is 2.29 bits per heavy atom. The number of amides is 1. The van der Waals surface area contributed by atoms with Crippen LogP contribution in [0.2, 0.25) is 0 Å². The van der Waals surface area contributed by atoms with Crippen LogP contribution in [0, 0.1) is 11.3 Å². The van der Waals surface area contributed by atoms with E-state index < -0.39 is 0 Å². The molecule has 1 saturated carbocycles. The zero-order valence-corrected chi connectivity index (χ0v) is 11.4. The normalized spacial score (nSPS) is 24.9. The number of hydrogen-bond acceptors (Lipinski definition) is 2. The lowest BCUT2D eigenvalue weighted by molar-refractivity contribution is -0.137. The molecule has 1 aliphatic carbocycles. The van der Waals surface area contributed by atoms with Crippen LogP contribution in [0.5, 0.6) is 0 Å². The summed E-state index contributed by atoms with van der Waals surface area (Å²) in [5.41, 5.74) is 5.73. The molecule has 2 N–H and O–H groups in total. The molecule has 0 radical (unpaired) electrons. The minimum Gasteiger partial charge on any atom is -0.393 e. The maximum Gasteiger partial charge on any atom is 0.225 e. The largest absolute Gasteiger partial charge is 0.393 e. The van der Waals surface area contributed by atoms with Gasteiger partial charge in [-0.3, -0.25) is 4.79 Å². The number of thiocarbonyl (C=S) groups is 1. The van der Waals surface area contributed by atoms with Gasteiger partial charge in [0.05, 0.1) is 4.99 Å². The molecule has 0 atom stereocenters. The van der Waals surface area contributed by atoms with Crippen molar-refractivity contribution in [3.05, 3.63) is 0 Å². The Kier molecular flexibility index (Phi) is 3.71. The van der Waals surface area contributed by atoms with E-state index in [1.165, 1.54) is 12.8 Å². The van der Waals surface area contributed by atoms with Crippen LogP contribution in [-0.4, -0.2) is 28.9 Å². The lowest BCUT2D eigenvalue weighted by Crippen LogP contribution is -2.48. The van der Waals surface area contributed by atoms with Gasteiger partial charge in [-0.15, -0.1) is 0 Å². The fourth-order valence-electron chi connectivity index (χ4n) is 2.90. The average Bonchev–Trinajstić information content (AvgIpc) is 2.82. The van der Waals surface area contributed by atoms with Gasteiger partial charge < -0.3 is 10.6 Å². The molecule has 2 rings (SSSR count). The Bertz CT molecular complexity index is 315. The summed E-state index contributed by atoms with van der Waals surface area (Å²) in [6.45, 7) is 3.76. The van der Waals surface area contributed by atoms with E-state index in [-0.39, 0.29) is 5.41 Å². The molecule has 0 aromatic heterocycles. The van der Waals surface area contributed by atoms with Gasteiger partial charge in [0.1, 0.15) is 0 Å². The second-order valence-electron chi connectivity index (χ2n) is 5.73. The van der Waals surface area contributed by atoms with Crippen LogP contribution in [0.25, 0.3) is 0 Å². The van der Waals surface area contributed by atoms with E-state index in [1.807, 2.05) is 4.90 Å². The van der Waals surface area contributed by atoms with E-state index in [2.05, 4.69) is 6.92 Å². The predicted octanol–water partition coefficient (Wildman–Crippen LogP) is 2.09. The summed E-state index contributed by atoms with van der Waals surface area (Å²) < 4.78 is 0. The van der Waals surface area contributed by atoms with Gasteiger partial charge in [-0.1, -0.05) is 32.0 Å². The molecule has 4 heteroatoms. The molecular formula is C13H22N2OS. The predicted molar refractivity (Wildman–Crippen MR) is 72.7 cm³/mol. The SMILES string of the molecule is CC1(C(N)=S)CCN(C(=O)C2CCCC2)CC1. The number of hydrogen-bond donors (Lipinski definition) is 1. The van der Waals surface area contributed by atoms with Gasteiger partial charge in [0, 0.05) is 24.4 Å². The van der Waals surface area contributed by atoms with E-state index in [4.69, 9.17) is 18.0 Å². The first kappa shape index (κ1) is 12.8. The van der Waals surface area contributed by atoms with E-state index >= 15 is 0 Å². The third-order valence-electron chi connectivity index (χ3n) is 4.48. The minimum absolute atomic E-state index is 0.0399. The van der Waals surface area contributed by atoms with Crippen molar-refractivity contribution in [1.82, 2.24) is 4.90 Å². The Hall–Kier alpha value is -0.640. The van der Waals surface area contributed by atoms with Crippen LogP contribution >= 0.6 is 12.2 Å². The molecule has 0 aromatic carbocycles. The molecule has 0 spiro atoms. The summed E-state index contributed by atoms with van der Waals surface area (Å²) in [5, 5.41) is 0. The van der Waals surface area contributed by atoms with Crippen molar-refractivity contribution in [2.75, 3.05) is 13.1 Å². The highest BCUT2D eigenvalue weighted by atomic mass is 32.1. The number of carbonyl (C=O) groups is 1. The summed E-state index contributed by atoms with van der Waals surface area (Å²) in [6, 6.07) is 0. The summed E-state index contributed by atoms with van der Waals surface area (Å²) >= 11 is 5.11. The summed E-state index contributed by atoms with van der Waals surface area (Å²) in [4.78, 5) is 14.9. The smallest absolute Gasteiger partial charge is 0.225 e. The van der Waals surface area contributed by atoms with Gasteiger partial charge in [0.15, 0.2) is 0 Å². The molecule has 1 saturated heterocycles. The van der Waals surface area contributed by atoms with Crippen LogP contribution in [0.4, 0.5) is 0 Å². The fourth-order valence-corrected chi connectivity index (χ4v) is 3.10. The first-order valence-electron chi connectivity index (χ1n) is 6.62. The summed E-state index contributed by atoms with van der Waals surface area (Å²) in [6.07, 6.45) is 6.44. The van der Waals surface area contributed by atoms with Crippen molar-refractivity contribution in [1.29, 1.82) is 0 Å². The van der Waals surface area contributed by atoms with E-state index in [0.717, 1.165) is 38.8 Å². The van der Waals surface area contributed by atoms with Crippen LogP contribution in [0.1, 0.15) is 45.4 Å². The highest BCUT2D eigenvalue weighted by Crippen LogP contribution is 2.33. The number of carbonyl (C=O) groups excluding carboxylic acids is 1. The lowest BCUT2D eigenvalue weighted by Gasteiger charge is -2.39. The number of likely N-dealkylation sites (tertiary alicyclic amines) is 1. The van der Waals surface area contributed by atoms with Gasteiger partial charge in [0.2, 0.25) is 5.91 Å². The maximum atomic E-state index is 12.2. The van der Waals surface area contributed by atoms with Gasteiger partial charge in [0.25, 0.3) is 0 Å². The van der Waals surface area contributed by atoms with E-state index in [0.29, 0.717) is 16.8 Å². The Morgan fingerprint density at radius 2 is 1.82 bits per heavy atom. The Balaban J connectivity index is 1.90. The van der Waals surface area contributed by atoms with E-state index in [1.54, 1.807) is 0 Å². The van der Waals surface area contributed by atoms with Crippen molar-refractivity contribution >= 4 is 23.1 Å². The molecule has 1 amide bonds. The van der Waals surface area contributed by atoms with Crippen molar-refractivity contribution in [2.24, 2.45) is 17.1 Å². The van der Waals surface area contributed by atoms with E-state index in [9.17, 15) is 4.79 Å². The number of nitrogens with two attached hydrogens (primary N) is 1. The number of rotatable bonds is 2. The number of piperidine rings is 1. The van der Waals surface area contributed by atoms with Crippen molar-refractivity contribution in [3.8, 4) is 0 Å². The first-order valence-corrected chi connectivity index (χ1v) is 7.02. The maximum absolute atomic E-state index is 12.2. The molecule has 17 heavy (non-hydrogen) atoms. The van der Waals surface area contributed by atoms with Crippen molar-refractivity contribution < 1.29 is 4.79 Å². The Morgan fingerprint density at radius 1 is 1.29 bits per heavy atom. The van der Waals surface area contributed by atoms with Crippen LogP contribution < -0.4 is 5.73 Å². The van der Waals surface area contributed by atoms with Gasteiger partial charge in [-0.25, -0.2) is 0 Å². The van der Waals surface area contributed by atoms with Crippen LogP contribution in [-0.2, 0) is 4.79 Å². The van der Waals surface area contributed by atoms with Gasteiger partial charge in [-0.05, 0) is 25.7 Å². The van der Waals surface area contributed by atoms with Crippen molar-refractivity contribution in [2.45, 2.75) is 45.4 Å². The second-order valence-corrected chi connectivity index (χ2v) is 6.17.